The molecule has 6 fully saturated rings. The third-order valence-corrected chi connectivity index (χ3v) is 13.2. The first-order valence-corrected chi connectivity index (χ1v) is 16.7. The lowest BCUT2D eigenvalue weighted by Gasteiger charge is -2.62. The second kappa shape index (κ2) is 9.08. The largest absolute Gasteiger partial charge is 0.443 e. The highest BCUT2D eigenvalue weighted by atomic mass is 16.7. The molecule has 0 aromatic heterocycles. The van der Waals surface area contributed by atoms with Crippen molar-refractivity contribution in [2.24, 2.45) is 39.9 Å². The Morgan fingerprint density at radius 2 is 1.63 bits per heavy atom. The maximum absolute atomic E-state index is 12.8. The molecule has 7 atom stereocenters. The number of hydrogen-bond donors (Lipinski definition) is 0. The molecule has 8 rings (SSSR count). The lowest BCUT2D eigenvalue weighted by atomic mass is 9.43. The molecule has 0 bridgehead atoms. The van der Waals surface area contributed by atoms with Crippen LogP contribution < -0.4 is 4.90 Å². The Bertz CT molecular complexity index is 1340. The van der Waals surface area contributed by atoms with Crippen LogP contribution in [0.25, 0.3) is 5.57 Å². The Kier molecular flexibility index (Phi) is 6.03. The van der Waals surface area contributed by atoms with E-state index in [1.807, 2.05) is 20.8 Å². The highest BCUT2D eigenvalue weighted by Crippen LogP contribution is 2.82. The Hall–Kier alpha value is -1.93. The number of hydrogen-bond acceptors (Lipinski definition) is 6. The molecular weight excluding hydrogens is 542 g/mol. The first-order chi connectivity index (χ1) is 20.3. The highest BCUT2D eigenvalue weighted by molar-refractivity contribution is 5.87. The van der Waals surface area contributed by atoms with Gasteiger partial charge in [-0.3, -0.25) is 4.90 Å². The van der Waals surface area contributed by atoms with Crippen molar-refractivity contribution in [1.82, 2.24) is 0 Å². The number of ether oxygens (including phenoxy) is 5. The zero-order valence-corrected chi connectivity index (χ0v) is 26.9. The fourth-order valence-electron chi connectivity index (χ4n) is 11.2. The molecule has 4 saturated carbocycles. The molecule has 0 radical (unpaired) electrons. The predicted octanol–water partition coefficient (Wildman–Crippen LogP) is 7.19. The molecule has 2 heterocycles. The van der Waals surface area contributed by atoms with E-state index in [0.717, 1.165) is 56.9 Å². The molecule has 1 aromatic rings. The second-order valence-electron chi connectivity index (χ2n) is 16.2. The normalized spacial score (nSPS) is 41.7. The summed E-state index contributed by atoms with van der Waals surface area (Å²) >= 11 is 0. The van der Waals surface area contributed by atoms with Gasteiger partial charge in [-0.05, 0) is 104 Å². The number of anilines is 1. The molecule has 2 aliphatic heterocycles. The van der Waals surface area contributed by atoms with Crippen LogP contribution >= 0.6 is 0 Å². The summed E-state index contributed by atoms with van der Waals surface area (Å²) in [5.74, 6) is 1.43. The minimum Gasteiger partial charge on any atom is -0.443 e. The van der Waals surface area contributed by atoms with Crippen LogP contribution in [0.3, 0.4) is 0 Å². The van der Waals surface area contributed by atoms with Crippen molar-refractivity contribution < 1.29 is 28.5 Å². The zero-order valence-electron chi connectivity index (χ0n) is 26.9. The molecule has 3 unspecified atom stereocenters. The van der Waals surface area contributed by atoms with Gasteiger partial charge in [0.1, 0.15) is 5.60 Å². The average Bonchev–Trinajstić information content (AvgIpc) is 3.31. The van der Waals surface area contributed by atoms with Crippen LogP contribution in [0.1, 0.15) is 85.1 Å². The highest BCUT2D eigenvalue weighted by Gasteiger charge is 2.77. The van der Waals surface area contributed by atoms with E-state index in [4.69, 9.17) is 23.7 Å². The van der Waals surface area contributed by atoms with Crippen LogP contribution in [0.5, 0.6) is 0 Å². The van der Waals surface area contributed by atoms with Gasteiger partial charge in [0.25, 0.3) is 0 Å². The molecule has 234 valence electrons. The monoisotopic (exact) mass is 591 g/mol. The lowest BCUT2D eigenvalue weighted by molar-refractivity contribution is -0.235. The Labute approximate surface area is 256 Å². The summed E-state index contributed by atoms with van der Waals surface area (Å²) in [7, 11) is 1.78. The van der Waals surface area contributed by atoms with Gasteiger partial charge in [0.2, 0.25) is 0 Å². The Balaban J connectivity index is 1.20. The van der Waals surface area contributed by atoms with Crippen molar-refractivity contribution in [3.63, 3.8) is 0 Å². The molecule has 1 amide bonds. The molecule has 1 aromatic carbocycles. The molecule has 3 spiro atoms. The number of nitrogens with zero attached hydrogens (tertiary/aromatic N) is 1. The van der Waals surface area contributed by atoms with Gasteiger partial charge < -0.3 is 23.7 Å². The fraction of sp³-hybridized carbons (Fsp3) is 0.750. The number of benzene rings is 1. The molecule has 7 nitrogen and oxygen atoms in total. The van der Waals surface area contributed by atoms with Gasteiger partial charge in [0.15, 0.2) is 11.6 Å². The standard InChI is InChI=1S/C36H49NO6/c1-31(2,3)43-30(38)37(6)25-9-7-23(8-10-25)27-21-33(5)28(11-12-36(33)41-17-18-42-36)26-19-24-20-34(24)22-35(39-15-16-40-35)14-13-32(34,4)29(26)27/h7-10,21,24,26,28-29H,11-20,22H2,1-6H3/t24-,26?,28+,29-,32?,33?,34-/m1/s1. The predicted molar refractivity (Wildman–Crippen MR) is 163 cm³/mol. The topological polar surface area (TPSA) is 66.5 Å². The van der Waals surface area contributed by atoms with Crippen molar-refractivity contribution in [1.29, 1.82) is 0 Å². The van der Waals surface area contributed by atoms with Gasteiger partial charge in [-0.2, -0.15) is 0 Å². The summed E-state index contributed by atoms with van der Waals surface area (Å²) in [6.45, 7) is 13.5. The number of carbonyl (C=O) groups is 1. The van der Waals surface area contributed by atoms with Crippen molar-refractivity contribution in [3.05, 3.63) is 35.9 Å². The second-order valence-corrected chi connectivity index (χ2v) is 16.2. The Morgan fingerprint density at radius 3 is 2.30 bits per heavy atom. The first-order valence-electron chi connectivity index (χ1n) is 16.7. The van der Waals surface area contributed by atoms with Gasteiger partial charge in [-0.15, -0.1) is 0 Å². The SMILES string of the molecule is CN(C(=O)OC(C)(C)C)c1ccc(C2=CC3(C)[C@@H](CCC34OCCO4)C3C[C@@H]4C[C@@]45CC4(CCC5(C)[C@@H]23)OCCO4)cc1. The first kappa shape index (κ1) is 28.5. The molecule has 7 heteroatoms. The maximum atomic E-state index is 12.8. The van der Waals surface area contributed by atoms with Gasteiger partial charge in [-0.1, -0.05) is 32.1 Å². The van der Waals surface area contributed by atoms with Gasteiger partial charge in [0, 0.05) is 37.4 Å². The summed E-state index contributed by atoms with van der Waals surface area (Å²) in [4.78, 5) is 14.4. The summed E-state index contributed by atoms with van der Waals surface area (Å²) in [5.41, 5.74) is 3.27. The summed E-state index contributed by atoms with van der Waals surface area (Å²) in [5, 5.41) is 0. The third kappa shape index (κ3) is 3.90. The van der Waals surface area contributed by atoms with E-state index < -0.39 is 11.4 Å². The number of amides is 1. The van der Waals surface area contributed by atoms with Crippen LogP contribution in [0.15, 0.2) is 30.3 Å². The average molecular weight is 592 g/mol. The third-order valence-electron chi connectivity index (χ3n) is 13.2. The van der Waals surface area contributed by atoms with Crippen LogP contribution in [-0.4, -0.2) is 56.7 Å². The summed E-state index contributed by atoms with van der Waals surface area (Å²) in [6.07, 6.45) is 10.1. The van der Waals surface area contributed by atoms with Crippen LogP contribution in [-0.2, 0) is 23.7 Å². The van der Waals surface area contributed by atoms with E-state index in [2.05, 4.69) is 44.2 Å². The van der Waals surface area contributed by atoms with E-state index in [0.29, 0.717) is 31.0 Å². The summed E-state index contributed by atoms with van der Waals surface area (Å²) < 4.78 is 31.4. The smallest absolute Gasteiger partial charge is 0.414 e. The van der Waals surface area contributed by atoms with Crippen molar-refractivity contribution in [2.75, 3.05) is 38.4 Å². The van der Waals surface area contributed by atoms with Crippen molar-refractivity contribution in [3.8, 4) is 0 Å². The molecule has 5 aliphatic carbocycles. The molecule has 43 heavy (non-hydrogen) atoms. The van der Waals surface area contributed by atoms with E-state index in [1.165, 1.54) is 24.0 Å². The van der Waals surface area contributed by atoms with Crippen LogP contribution in [0, 0.1) is 39.9 Å². The fourth-order valence-corrected chi connectivity index (χ4v) is 11.2. The summed E-state index contributed by atoms with van der Waals surface area (Å²) in [6, 6.07) is 8.60. The van der Waals surface area contributed by atoms with Gasteiger partial charge >= 0.3 is 6.09 Å². The maximum Gasteiger partial charge on any atom is 0.414 e. The minimum absolute atomic E-state index is 0.174. The Morgan fingerprint density at radius 1 is 0.953 bits per heavy atom. The lowest BCUT2D eigenvalue weighted by Crippen LogP contribution is -2.58. The van der Waals surface area contributed by atoms with Gasteiger partial charge in [-0.25, -0.2) is 4.79 Å². The zero-order chi connectivity index (χ0) is 30.0. The molecule has 2 saturated heterocycles. The van der Waals surface area contributed by atoms with Crippen LogP contribution in [0.4, 0.5) is 10.5 Å². The molecular formula is C36H49NO6. The quantitative estimate of drug-likeness (QED) is 0.363. The van der Waals surface area contributed by atoms with Crippen molar-refractivity contribution in [2.45, 2.75) is 96.7 Å². The van der Waals surface area contributed by atoms with E-state index in [9.17, 15) is 4.79 Å². The molecule has 7 aliphatic rings. The molecule has 0 N–H and O–H groups in total. The van der Waals surface area contributed by atoms with Crippen molar-refractivity contribution >= 4 is 17.4 Å². The van der Waals surface area contributed by atoms with E-state index in [1.54, 1.807) is 11.9 Å². The number of carbonyl (C=O) groups excluding carboxylic acids is 1. The van der Waals surface area contributed by atoms with E-state index >= 15 is 0 Å². The number of allylic oxidation sites excluding steroid dienone is 1. The number of fused-ring (bicyclic) bond motifs is 5. The van der Waals surface area contributed by atoms with Gasteiger partial charge in [0.05, 0.1) is 26.4 Å². The number of rotatable bonds is 2. The minimum atomic E-state index is -0.541. The van der Waals surface area contributed by atoms with E-state index in [-0.39, 0.29) is 28.1 Å². The van der Waals surface area contributed by atoms with Crippen LogP contribution in [0.2, 0.25) is 0 Å².